The predicted molar refractivity (Wildman–Crippen MR) is 116 cm³/mol. The number of carbonyl (C=O) groups is 2. The van der Waals surface area contributed by atoms with Gasteiger partial charge in [0.05, 0.1) is 12.2 Å². The molecule has 1 aliphatic heterocycles. The Balaban J connectivity index is 1.85. The van der Waals surface area contributed by atoms with Gasteiger partial charge in [0, 0.05) is 42.1 Å². The van der Waals surface area contributed by atoms with Crippen LogP contribution in [0.3, 0.4) is 0 Å². The molecule has 2 amide bonds. The van der Waals surface area contributed by atoms with E-state index in [1.165, 1.54) is 0 Å². The molecule has 2 aliphatic rings. The first-order valence-electron chi connectivity index (χ1n) is 10.6. The van der Waals surface area contributed by atoms with Crippen LogP contribution in [0, 0.1) is 5.92 Å². The van der Waals surface area contributed by atoms with E-state index < -0.39 is 23.5 Å². The van der Waals surface area contributed by atoms with Crippen LogP contribution < -0.4 is 11.5 Å². The molecule has 1 aromatic heterocycles. The van der Waals surface area contributed by atoms with Crippen LogP contribution in [0.25, 0.3) is 0 Å². The van der Waals surface area contributed by atoms with Gasteiger partial charge in [-0.25, -0.2) is 9.28 Å². The summed E-state index contributed by atoms with van der Waals surface area (Å²) >= 11 is 6.25. The third-order valence-electron chi connectivity index (χ3n) is 6.75. The van der Waals surface area contributed by atoms with Gasteiger partial charge in [-0.15, -0.1) is 0 Å². The molecule has 31 heavy (non-hydrogen) atoms. The first kappa shape index (κ1) is 21.9. The molecular weight excluding hydrogens is 416 g/mol. The van der Waals surface area contributed by atoms with Gasteiger partial charge in [0.15, 0.2) is 6.04 Å². The minimum atomic E-state index is -1.78. The average molecular weight is 444 g/mol. The number of hydrogen-bond acceptors (Lipinski definition) is 5. The van der Waals surface area contributed by atoms with E-state index in [4.69, 9.17) is 23.1 Å². The van der Waals surface area contributed by atoms with Crippen LogP contribution in [-0.2, 0) is 28.3 Å². The maximum absolute atomic E-state index is 14.3. The molecule has 2 unspecified atom stereocenters. The normalized spacial score (nSPS) is 25.2. The number of aromatic nitrogens is 1. The molecule has 5 N–H and O–H groups in total. The molecule has 0 bridgehead atoms. The Hall–Kier alpha value is -2.32. The molecule has 0 spiro atoms. The second-order valence-corrected chi connectivity index (χ2v) is 9.09. The third kappa shape index (κ3) is 3.76. The summed E-state index contributed by atoms with van der Waals surface area (Å²) in [7, 11) is 0. The number of likely N-dealkylation sites (tertiary alicyclic amines) is 1. The highest BCUT2D eigenvalue weighted by molar-refractivity contribution is 6.30. The Labute approximate surface area is 186 Å². The van der Waals surface area contributed by atoms with Gasteiger partial charge < -0.3 is 16.6 Å². The van der Waals surface area contributed by atoms with Crippen molar-refractivity contribution in [3.8, 4) is 0 Å². The zero-order valence-corrected chi connectivity index (χ0v) is 18.1. The van der Waals surface area contributed by atoms with E-state index in [2.05, 4.69) is 4.98 Å². The van der Waals surface area contributed by atoms with Crippen molar-refractivity contribution in [3.63, 3.8) is 0 Å². The Bertz CT molecular complexity index is 998. The fraction of sp³-hybridized carbons (Fsp3) is 0.435. The van der Waals surface area contributed by atoms with Gasteiger partial charge >= 0.3 is 5.91 Å². The SMILES string of the molecule is NCc1ccc(Cl)cc1C[N+]1(C(=O)C(O)(c2ccccn2)C2CC2)CCC[C@H]1C(N)=O. The average Bonchev–Trinajstić information content (AvgIpc) is 3.54. The number of nitrogens with two attached hydrogens (primary N) is 2. The number of rotatable bonds is 7. The summed E-state index contributed by atoms with van der Waals surface area (Å²) in [5.41, 5.74) is 11.9. The van der Waals surface area contributed by atoms with Crippen molar-refractivity contribution in [2.75, 3.05) is 6.54 Å². The first-order valence-corrected chi connectivity index (χ1v) is 11.0. The number of primary amides is 1. The van der Waals surface area contributed by atoms with Crippen LogP contribution in [-0.4, -0.2) is 39.0 Å². The van der Waals surface area contributed by atoms with E-state index in [-0.39, 0.29) is 23.5 Å². The molecule has 1 saturated heterocycles. The monoisotopic (exact) mass is 443 g/mol. The van der Waals surface area contributed by atoms with Crippen LogP contribution >= 0.6 is 11.6 Å². The lowest BCUT2D eigenvalue weighted by atomic mass is 9.88. The number of amides is 2. The summed E-state index contributed by atoms with van der Waals surface area (Å²) < 4.78 is -0.244. The van der Waals surface area contributed by atoms with E-state index in [1.807, 2.05) is 6.07 Å². The minimum absolute atomic E-state index is 0.196. The van der Waals surface area contributed by atoms with Gasteiger partial charge in [0.2, 0.25) is 5.60 Å². The van der Waals surface area contributed by atoms with E-state index in [0.29, 0.717) is 30.1 Å². The highest BCUT2D eigenvalue weighted by atomic mass is 35.5. The molecular formula is C23H28ClN4O3+. The zero-order valence-electron chi connectivity index (χ0n) is 17.3. The van der Waals surface area contributed by atoms with E-state index in [1.54, 1.807) is 36.5 Å². The summed E-state index contributed by atoms with van der Waals surface area (Å²) in [5.74, 6) is -1.19. The molecule has 1 saturated carbocycles. The molecule has 2 aromatic rings. The van der Waals surface area contributed by atoms with Crippen molar-refractivity contribution in [2.24, 2.45) is 17.4 Å². The van der Waals surface area contributed by atoms with Gasteiger partial charge in [-0.05, 0) is 42.7 Å². The summed E-state index contributed by atoms with van der Waals surface area (Å²) in [6.07, 6.45) is 4.17. The zero-order chi connectivity index (χ0) is 22.2. The number of benzene rings is 1. The number of nitrogens with zero attached hydrogens (tertiary/aromatic N) is 2. The molecule has 7 nitrogen and oxygen atoms in total. The Morgan fingerprint density at radius 1 is 1.19 bits per heavy atom. The maximum atomic E-state index is 14.3. The second-order valence-electron chi connectivity index (χ2n) is 8.65. The minimum Gasteiger partial charge on any atom is -0.371 e. The van der Waals surface area contributed by atoms with Crippen LogP contribution in [0.4, 0.5) is 0 Å². The number of aliphatic hydroxyl groups is 1. The predicted octanol–water partition coefficient (Wildman–Crippen LogP) is 1.98. The van der Waals surface area contributed by atoms with Crippen molar-refractivity contribution in [3.05, 3.63) is 64.4 Å². The fourth-order valence-electron chi connectivity index (χ4n) is 5.03. The molecule has 1 aromatic carbocycles. The van der Waals surface area contributed by atoms with Crippen molar-refractivity contribution < 1.29 is 19.2 Å². The van der Waals surface area contributed by atoms with Gasteiger partial charge in [0.1, 0.15) is 6.54 Å². The first-order chi connectivity index (χ1) is 14.8. The van der Waals surface area contributed by atoms with Gasteiger partial charge in [-0.1, -0.05) is 23.7 Å². The summed E-state index contributed by atoms with van der Waals surface area (Å²) in [4.78, 5) is 31.1. The Morgan fingerprint density at radius 2 is 1.97 bits per heavy atom. The highest BCUT2D eigenvalue weighted by Crippen LogP contribution is 2.49. The number of quaternary nitrogens is 1. The van der Waals surface area contributed by atoms with E-state index in [9.17, 15) is 14.7 Å². The number of hydrogen-bond donors (Lipinski definition) is 3. The Morgan fingerprint density at radius 3 is 2.58 bits per heavy atom. The lowest BCUT2D eigenvalue weighted by molar-refractivity contribution is -0.874. The number of pyridine rings is 1. The fourth-order valence-corrected chi connectivity index (χ4v) is 5.22. The largest absolute Gasteiger partial charge is 0.371 e. The smallest absolute Gasteiger partial charge is 0.352 e. The second kappa shape index (κ2) is 8.31. The quantitative estimate of drug-likeness (QED) is 0.565. The number of halogens is 1. The van der Waals surface area contributed by atoms with Crippen molar-refractivity contribution in [1.82, 2.24) is 4.98 Å². The van der Waals surface area contributed by atoms with Crippen LogP contribution in [0.1, 0.15) is 42.5 Å². The number of carbonyl (C=O) groups excluding carboxylic acids is 2. The molecule has 3 atom stereocenters. The summed E-state index contributed by atoms with van der Waals surface area (Å²) in [5, 5.41) is 12.4. The molecule has 0 radical (unpaired) electrons. The van der Waals surface area contributed by atoms with Crippen LogP contribution in [0.15, 0.2) is 42.6 Å². The molecule has 4 rings (SSSR count). The molecule has 2 fully saturated rings. The molecule has 1 aliphatic carbocycles. The van der Waals surface area contributed by atoms with Crippen LogP contribution in [0.5, 0.6) is 0 Å². The van der Waals surface area contributed by atoms with Gasteiger partial charge in [-0.3, -0.25) is 9.78 Å². The van der Waals surface area contributed by atoms with Gasteiger partial charge in [-0.2, -0.15) is 0 Å². The lowest BCUT2D eigenvalue weighted by Crippen LogP contribution is -2.65. The molecule has 164 valence electrons. The summed E-state index contributed by atoms with van der Waals surface area (Å²) in [6, 6.07) is 9.81. The Kier molecular flexibility index (Phi) is 5.87. The van der Waals surface area contributed by atoms with Crippen molar-refractivity contribution in [1.29, 1.82) is 0 Å². The lowest BCUT2D eigenvalue weighted by Gasteiger charge is -2.41. The maximum Gasteiger partial charge on any atom is 0.352 e. The van der Waals surface area contributed by atoms with E-state index >= 15 is 0 Å². The molecule has 8 heteroatoms. The van der Waals surface area contributed by atoms with Crippen molar-refractivity contribution in [2.45, 2.75) is 50.4 Å². The highest BCUT2D eigenvalue weighted by Gasteiger charge is 2.64. The molecule has 2 heterocycles. The third-order valence-corrected chi connectivity index (χ3v) is 6.99. The standard InChI is InChI=1S/C23H27ClN4O3/c24-18-9-6-15(13-25)16(12-18)14-28(11-3-4-19(28)21(26)29)22(30)23(31,17-7-8-17)20-5-1-2-10-27-20/h1-2,5-6,9-10,12,17,19,31H,3-4,7-8,11,13-14,25H2,(H-,26,29)/p+1/t19-,23?,28?/m0/s1. The van der Waals surface area contributed by atoms with E-state index in [0.717, 1.165) is 24.0 Å². The summed E-state index contributed by atoms with van der Waals surface area (Å²) in [6.45, 7) is 0.876. The van der Waals surface area contributed by atoms with Crippen LogP contribution in [0.2, 0.25) is 5.02 Å². The van der Waals surface area contributed by atoms with Crippen molar-refractivity contribution >= 4 is 23.4 Å². The topological polar surface area (TPSA) is 119 Å². The van der Waals surface area contributed by atoms with Gasteiger partial charge in [0.25, 0.3) is 5.91 Å².